The molecule has 2 aromatic carbocycles. The SMILES string of the molecule is CC1(C)C(=O)OC(c2ccc(F)cc2)=C[C@@H]1c1ccccc1. The smallest absolute Gasteiger partial charge is 0.317 e. The number of rotatable bonds is 2. The van der Waals surface area contributed by atoms with Gasteiger partial charge in [-0.05, 0) is 49.8 Å². The molecule has 0 radical (unpaired) electrons. The van der Waals surface area contributed by atoms with E-state index >= 15 is 0 Å². The molecule has 2 nitrogen and oxygen atoms in total. The number of halogens is 1. The molecule has 0 amide bonds. The molecule has 0 saturated heterocycles. The lowest BCUT2D eigenvalue weighted by Gasteiger charge is -2.35. The Morgan fingerprint density at radius 3 is 2.27 bits per heavy atom. The average Bonchev–Trinajstić information content (AvgIpc) is 2.51. The van der Waals surface area contributed by atoms with Crippen molar-refractivity contribution in [2.75, 3.05) is 0 Å². The molecular formula is C19H17FO2. The first-order chi connectivity index (χ1) is 10.5. The summed E-state index contributed by atoms with van der Waals surface area (Å²) in [5.41, 5.74) is 1.11. The summed E-state index contributed by atoms with van der Waals surface area (Å²) in [4.78, 5) is 12.4. The molecule has 3 heteroatoms. The average molecular weight is 296 g/mol. The van der Waals surface area contributed by atoms with E-state index in [-0.39, 0.29) is 17.7 Å². The molecule has 0 bridgehead atoms. The minimum absolute atomic E-state index is 0.0880. The van der Waals surface area contributed by atoms with Crippen molar-refractivity contribution in [3.05, 3.63) is 77.6 Å². The van der Waals surface area contributed by atoms with E-state index in [4.69, 9.17) is 4.74 Å². The van der Waals surface area contributed by atoms with Crippen LogP contribution in [0.2, 0.25) is 0 Å². The second-order valence-corrected chi connectivity index (χ2v) is 6.04. The van der Waals surface area contributed by atoms with Gasteiger partial charge in [0.1, 0.15) is 11.6 Å². The van der Waals surface area contributed by atoms with E-state index in [0.717, 1.165) is 5.56 Å². The number of hydrogen-bond donors (Lipinski definition) is 0. The predicted molar refractivity (Wildman–Crippen MR) is 83.4 cm³/mol. The third-order valence-electron chi connectivity index (χ3n) is 4.11. The Kier molecular flexibility index (Phi) is 3.57. The fraction of sp³-hybridized carbons (Fsp3) is 0.211. The normalized spacial score (nSPS) is 20.2. The molecule has 0 saturated carbocycles. The van der Waals surface area contributed by atoms with Gasteiger partial charge in [-0.2, -0.15) is 0 Å². The number of cyclic esters (lactones) is 1. The number of carbonyl (C=O) groups excluding carboxylic acids is 1. The second kappa shape index (κ2) is 5.41. The molecule has 1 heterocycles. The van der Waals surface area contributed by atoms with Gasteiger partial charge in [0, 0.05) is 11.5 Å². The Morgan fingerprint density at radius 2 is 1.64 bits per heavy atom. The lowest BCUT2D eigenvalue weighted by atomic mass is 9.73. The molecule has 2 aromatic rings. The van der Waals surface area contributed by atoms with Gasteiger partial charge >= 0.3 is 5.97 Å². The molecular weight excluding hydrogens is 279 g/mol. The molecule has 112 valence electrons. The maximum Gasteiger partial charge on any atom is 0.317 e. The van der Waals surface area contributed by atoms with Gasteiger partial charge in [0.05, 0.1) is 5.41 Å². The van der Waals surface area contributed by atoms with Crippen molar-refractivity contribution in [3.8, 4) is 0 Å². The zero-order chi connectivity index (χ0) is 15.7. The summed E-state index contributed by atoms with van der Waals surface area (Å²) in [6.45, 7) is 3.76. The van der Waals surface area contributed by atoms with Crippen LogP contribution in [-0.2, 0) is 9.53 Å². The Bertz CT molecular complexity index is 715. The summed E-state index contributed by atoms with van der Waals surface area (Å²) in [7, 11) is 0. The fourth-order valence-electron chi connectivity index (χ4n) is 2.69. The summed E-state index contributed by atoms with van der Waals surface area (Å²) in [6, 6.07) is 15.8. The summed E-state index contributed by atoms with van der Waals surface area (Å²) in [6.07, 6.45) is 1.95. The van der Waals surface area contributed by atoms with Gasteiger partial charge in [-0.1, -0.05) is 30.3 Å². The van der Waals surface area contributed by atoms with E-state index in [1.54, 1.807) is 12.1 Å². The minimum Gasteiger partial charge on any atom is -0.426 e. The van der Waals surface area contributed by atoms with Crippen molar-refractivity contribution in [1.29, 1.82) is 0 Å². The molecule has 0 N–H and O–H groups in total. The van der Waals surface area contributed by atoms with E-state index in [1.807, 2.05) is 50.3 Å². The highest BCUT2D eigenvalue weighted by atomic mass is 19.1. The number of hydrogen-bond acceptors (Lipinski definition) is 2. The van der Waals surface area contributed by atoms with Gasteiger partial charge in [0.25, 0.3) is 0 Å². The number of ether oxygens (including phenoxy) is 1. The van der Waals surface area contributed by atoms with E-state index in [9.17, 15) is 9.18 Å². The summed E-state index contributed by atoms with van der Waals surface area (Å²) in [5.74, 6) is -0.192. The van der Waals surface area contributed by atoms with E-state index in [1.165, 1.54) is 12.1 Å². The molecule has 0 unspecified atom stereocenters. The molecule has 0 fully saturated rings. The maximum absolute atomic E-state index is 13.1. The fourth-order valence-corrected chi connectivity index (χ4v) is 2.69. The number of esters is 1. The molecule has 0 aliphatic carbocycles. The lowest BCUT2D eigenvalue weighted by Crippen LogP contribution is -2.35. The van der Waals surface area contributed by atoms with Gasteiger partial charge < -0.3 is 4.74 Å². The van der Waals surface area contributed by atoms with Gasteiger partial charge in [-0.25, -0.2) is 4.39 Å². The molecule has 0 spiro atoms. The zero-order valence-electron chi connectivity index (χ0n) is 12.5. The standard InChI is InChI=1S/C19H17FO2/c1-19(2)16(13-6-4-3-5-7-13)12-17(22-18(19)21)14-8-10-15(20)11-9-14/h3-12,16H,1-2H3/t16-/m1/s1. The van der Waals surface area contributed by atoms with Gasteiger partial charge in [-0.15, -0.1) is 0 Å². The Morgan fingerprint density at radius 1 is 1.00 bits per heavy atom. The Hall–Kier alpha value is -2.42. The third-order valence-corrected chi connectivity index (χ3v) is 4.11. The van der Waals surface area contributed by atoms with Crippen LogP contribution >= 0.6 is 0 Å². The maximum atomic E-state index is 13.1. The van der Waals surface area contributed by atoms with Crippen LogP contribution in [0.5, 0.6) is 0 Å². The molecule has 22 heavy (non-hydrogen) atoms. The lowest BCUT2D eigenvalue weighted by molar-refractivity contribution is -0.148. The van der Waals surface area contributed by atoms with Crippen LogP contribution in [0.25, 0.3) is 5.76 Å². The van der Waals surface area contributed by atoms with Crippen LogP contribution in [0, 0.1) is 11.2 Å². The van der Waals surface area contributed by atoms with Crippen molar-refractivity contribution in [2.45, 2.75) is 19.8 Å². The van der Waals surface area contributed by atoms with Gasteiger partial charge in [0.15, 0.2) is 0 Å². The first-order valence-corrected chi connectivity index (χ1v) is 7.23. The topological polar surface area (TPSA) is 26.3 Å². The third kappa shape index (κ3) is 2.54. The Labute approximate surface area is 129 Å². The summed E-state index contributed by atoms with van der Waals surface area (Å²) < 4.78 is 18.5. The van der Waals surface area contributed by atoms with Crippen LogP contribution in [0.1, 0.15) is 30.9 Å². The van der Waals surface area contributed by atoms with Crippen LogP contribution in [-0.4, -0.2) is 5.97 Å². The molecule has 0 aromatic heterocycles. The quantitative estimate of drug-likeness (QED) is 0.761. The van der Waals surface area contributed by atoms with Gasteiger partial charge in [0.2, 0.25) is 0 Å². The zero-order valence-corrected chi connectivity index (χ0v) is 12.5. The highest BCUT2D eigenvalue weighted by Crippen LogP contribution is 2.44. The van der Waals surface area contributed by atoms with Crippen LogP contribution in [0.3, 0.4) is 0 Å². The molecule has 1 atom stereocenters. The highest BCUT2D eigenvalue weighted by Gasteiger charge is 2.42. The van der Waals surface area contributed by atoms with Crippen molar-refractivity contribution < 1.29 is 13.9 Å². The van der Waals surface area contributed by atoms with E-state index in [2.05, 4.69) is 0 Å². The second-order valence-electron chi connectivity index (χ2n) is 6.04. The first kappa shape index (κ1) is 14.5. The van der Waals surface area contributed by atoms with Crippen molar-refractivity contribution in [2.24, 2.45) is 5.41 Å². The number of benzene rings is 2. The van der Waals surface area contributed by atoms with Crippen molar-refractivity contribution in [3.63, 3.8) is 0 Å². The van der Waals surface area contributed by atoms with Gasteiger partial charge in [-0.3, -0.25) is 4.79 Å². The van der Waals surface area contributed by atoms with E-state index < -0.39 is 5.41 Å². The largest absolute Gasteiger partial charge is 0.426 e. The molecule has 1 aliphatic heterocycles. The summed E-state index contributed by atoms with van der Waals surface area (Å²) in [5, 5.41) is 0. The van der Waals surface area contributed by atoms with Crippen molar-refractivity contribution in [1.82, 2.24) is 0 Å². The number of allylic oxidation sites excluding steroid dienone is 1. The summed E-state index contributed by atoms with van der Waals surface area (Å²) >= 11 is 0. The van der Waals surface area contributed by atoms with E-state index in [0.29, 0.717) is 11.3 Å². The Balaban J connectivity index is 2.07. The molecule has 1 aliphatic rings. The minimum atomic E-state index is -0.648. The first-order valence-electron chi connectivity index (χ1n) is 7.23. The highest BCUT2D eigenvalue weighted by molar-refractivity contribution is 5.87. The van der Waals surface area contributed by atoms with Crippen LogP contribution in [0.4, 0.5) is 4.39 Å². The van der Waals surface area contributed by atoms with Crippen LogP contribution in [0.15, 0.2) is 60.7 Å². The predicted octanol–water partition coefficient (Wildman–Crippen LogP) is 4.53. The number of carbonyl (C=O) groups is 1. The van der Waals surface area contributed by atoms with Crippen LogP contribution < -0.4 is 0 Å². The van der Waals surface area contributed by atoms with Crippen molar-refractivity contribution >= 4 is 11.7 Å². The monoisotopic (exact) mass is 296 g/mol. The molecule has 3 rings (SSSR count).